The van der Waals surface area contributed by atoms with Gasteiger partial charge >= 0.3 is 0 Å². The van der Waals surface area contributed by atoms with Gasteiger partial charge in [0.1, 0.15) is 11.4 Å². The minimum absolute atomic E-state index is 0.132. The maximum atomic E-state index is 13.1. The van der Waals surface area contributed by atoms with Crippen LogP contribution in [0.2, 0.25) is 0 Å². The monoisotopic (exact) mass is 417 g/mol. The lowest BCUT2D eigenvalue weighted by Crippen LogP contribution is -2.39. The summed E-state index contributed by atoms with van der Waals surface area (Å²) in [6.07, 6.45) is 5.42. The quantitative estimate of drug-likeness (QED) is 0.587. The topological polar surface area (TPSA) is 119 Å². The van der Waals surface area contributed by atoms with Crippen molar-refractivity contribution >= 4 is 34.1 Å². The molecule has 8 heteroatoms. The first kappa shape index (κ1) is 19.3. The molecule has 1 aliphatic heterocycles. The summed E-state index contributed by atoms with van der Waals surface area (Å²) in [5.74, 6) is 0.00861. The molecule has 2 aromatic heterocycles. The zero-order valence-electron chi connectivity index (χ0n) is 17.2. The number of carbonyl (C=O) groups is 2. The van der Waals surface area contributed by atoms with E-state index in [4.69, 9.17) is 10.5 Å². The molecular weight excluding hydrogens is 394 g/mol. The summed E-state index contributed by atoms with van der Waals surface area (Å²) in [5.41, 5.74) is 9.72. The Morgan fingerprint density at radius 3 is 2.84 bits per heavy atom. The van der Waals surface area contributed by atoms with Crippen LogP contribution in [0, 0.1) is 6.92 Å². The molecule has 31 heavy (non-hydrogen) atoms. The number of primary amides is 1. The highest BCUT2D eigenvalue weighted by molar-refractivity contribution is 6.09. The van der Waals surface area contributed by atoms with E-state index in [1.165, 1.54) is 0 Å². The number of nitrogens with one attached hydrogen (secondary N) is 2. The van der Waals surface area contributed by atoms with Crippen LogP contribution in [0.4, 0.5) is 11.4 Å². The summed E-state index contributed by atoms with van der Waals surface area (Å²) >= 11 is 0. The number of aromatic nitrogens is 2. The van der Waals surface area contributed by atoms with E-state index in [-0.39, 0.29) is 17.6 Å². The molecule has 0 unspecified atom stereocenters. The van der Waals surface area contributed by atoms with Crippen LogP contribution >= 0.6 is 0 Å². The number of nitrogens with zero attached hydrogens (tertiary/aromatic N) is 2. The van der Waals surface area contributed by atoms with Gasteiger partial charge in [0.25, 0.3) is 11.8 Å². The predicted molar refractivity (Wildman–Crippen MR) is 117 cm³/mol. The summed E-state index contributed by atoms with van der Waals surface area (Å²) in [6.45, 7) is 2.39. The minimum Gasteiger partial charge on any atom is -0.493 e. The maximum Gasteiger partial charge on any atom is 0.267 e. The number of amides is 2. The first-order valence-corrected chi connectivity index (χ1v) is 10.4. The van der Waals surface area contributed by atoms with Gasteiger partial charge in [0.05, 0.1) is 29.1 Å². The third kappa shape index (κ3) is 3.43. The molecule has 5 rings (SSSR count). The first-order valence-electron chi connectivity index (χ1n) is 10.4. The Kier molecular flexibility index (Phi) is 4.69. The fraction of sp³-hybridized carbons (Fsp3) is 0.304. The van der Waals surface area contributed by atoms with Crippen molar-refractivity contribution in [3.05, 3.63) is 53.0 Å². The second kappa shape index (κ2) is 7.54. The molecule has 0 saturated heterocycles. The Bertz CT molecular complexity index is 1220. The van der Waals surface area contributed by atoms with E-state index in [1.54, 1.807) is 19.2 Å². The molecule has 1 saturated carbocycles. The van der Waals surface area contributed by atoms with Gasteiger partial charge in [0.15, 0.2) is 0 Å². The van der Waals surface area contributed by atoms with Crippen molar-refractivity contribution in [1.29, 1.82) is 0 Å². The Morgan fingerprint density at radius 2 is 2.10 bits per heavy atom. The second-order valence-corrected chi connectivity index (χ2v) is 8.01. The number of ether oxygens (including phenoxy) is 1. The maximum absolute atomic E-state index is 13.1. The summed E-state index contributed by atoms with van der Waals surface area (Å²) in [5, 5.41) is 7.14. The van der Waals surface area contributed by atoms with Crippen molar-refractivity contribution in [1.82, 2.24) is 15.3 Å². The standard InChI is InChI=1S/C23H23N5O3/c1-12-20-15(10-18(26-12)22(24)29)21(16(11-25-20)23(30)27-13-4-2-5-13)28-17-6-3-7-19-14(17)8-9-31-19/h3,6-7,10-11,13H,2,4-5,8-9H2,1H3,(H2,24,29)(H,25,28)(H,27,30). The molecule has 3 heterocycles. The Balaban J connectivity index is 1.68. The van der Waals surface area contributed by atoms with E-state index in [1.807, 2.05) is 18.2 Å². The van der Waals surface area contributed by atoms with Crippen LogP contribution in [0.1, 0.15) is 51.4 Å². The fourth-order valence-electron chi connectivity index (χ4n) is 4.08. The largest absolute Gasteiger partial charge is 0.493 e. The molecule has 2 aliphatic rings. The number of nitrogens with two attached hydrogens (primary N) is 1. The number of pyridine rings is 2. The lowest BCUT2D eigenvalue weighted by atomic mass is 9.93. The minimum atomic E-state index is -0.630. The SMILES string of the molecule is Cc1nc(C(N)=O)cc2c(Nc3cccc4c3CCO4)c(C(=O)NC3CCC3)cnc12. The Hall–Kier alpha value is -3.68. The highest BCUT2D eigenvalue weighted by atomic mass is 16.5. The number of rotatable bonds is 5. The molecule has 1 fully saturated rings. The zero-order chi connectivity index (χ0) is 21.5. The Labute approximate surface area is 179 Å². The van der Waals surface area contributed by atoms with Crippen LogP contribution in [0.15, 0.2) is 30.5 Å². The van der Waals surface area contributed by atoms with E-state index in [2.05, 4.69) is 20.6 Å². The molecule has 0 bridgehead atoms. The summed E-state index contributed by atoms with van der Waals surface area (Å²) in [6, 6.07) is 7.58. The van der Waals surface area contributed by atoms with Crippen molar-refractivity contribution in [2.75, 3.05) is 11.9 Å². The molecule has 3 aromatic rings. The van der Waals surface area contributed by atoms with E-state index in [9.17, 15) is 9.59 Å². The normalized spacial score (nSPS) is 15.1. The molecule has 2 amide bonds. The Morgan fingerprint density at radius 1 is 1.26 bits per heavy atom. The van der Waals surface area contributed by atoms with Crippen LogP contribution in [0.5, 0.6) is 5.75 Å². The molecule has 1 aliphatic carbocycles. The first-order chi connectivity index (χ1) is 15.0. The van der Waals surface area contributed by atoms with Crippen LogP contribution in [-0.2, 0) is 6.42 Å². The summed E-state index contributed by atoms with van der Waals surface area (Å²) in [4.78, 5) is 33.7. The number of hydrogen-bond acceptors (Lipinski definition) is 6. The molecule has 0 atom stereocenters. The predicted octanol–water partition coefficient (Wildman–Crippen LogP) is 3.00. The molecule has 1 aromatic carbocycles. The molecule has 0 radical (unpaired) electrons. The number of aryl methyl sites for hydroxylation is 1. The number of hydrogen-bond donors (Lipinski definition) is 3. The molecule has 8 nitrogen and oxygen atoms in total. The molecule has 158 valence electrons. The van der Waals surface area contributed by atoms with Gasteiger partial charge in [-0.2, -0.15) is 0 Å². The molecular formula is C23H23N5O3. The third-order valence-electron chi connectivity index (χ3n) is 5.97. The van der Waals surface area contributed by atoms with Crippen molar-refractivity contribution < 1.29 is 14.3 Å². The van der Waals surface area contributed by atoms with Crippen LogP contribution < -0.4 is 21.1 Å². The van der Waals surface area contributed by atoms with Gasteiger partial charge in [0, 0.05) is 35.3 Å². The number of carbonyl (C=O) groups excluding carboxylic acids is 2. The van der Waals surface area contributed by atoms with Gasteiger partial charge < -0.3 is 21.1 Å². The van der Waals surface area contributed by atoms with Crippen molar-refractivity contribution in [2.45, 2.75) is 38.6 Å². The van der Waals surface area contributed by atoms with Gasteiger partial charge in [-0.1, -0.05) is 6.07 Å². The number of benzene rings is 1. The van der Waals surface area contributed by atoms with Crippen LogP contribution in [0.3, 0.4) is 0 Å². The fourth-order valence-corrected chi connectivity index (χ4v) is 4.08. The number of anilines is 2. The highest BCUT2D eigenvalue weighted by Crippen LogP contribution is 2.37. The van der Waals surface area contributed by atoms with Crippen LogP contribution in [0.25, 0.3) is 10.9 Å². The van der Waals surface area contributed by atoms with Crippen molar-refractivity contribution in [3.8, 4) is 5.75 Å². The zero-order valence-corrected chi connectivity index (χ0v) is 17.2. The highest BCUT2D eigenvalue weighted by Gasteiger charge is 2.25. The average molecular weight is 417 g/mol. The molecule has 0 spiro atoms. The third-order valence-corrected chi connectivity index (χ3v) is 5.97. The van der Waals surface area contributed by atoms with Gasteiger partial charge in [-0.15, -0.1) is 0 Å². The number of fused-ring (bicyclic) bond motifs is 2. The smallest absolute Gasteiger partial charge is 0.267 e. The molecule has 4 N–H and O–H groups in total. The van der Waals surface area contributed by atoms with Gasteiger partial charge in [-0.05, 0) is 44.4 Å². The van der Waals surface area contributed by atoms with Crippen molar-refractivity contribution in [3.63, 3.8) is 0 Å². The summed E-state index contributed by atoms with van der Waals surface area (Å²) in [7, 11) is 0. The average Bonchev–Trinajstić information content (AvgIpc) is 3.20. The van der Waals surface area contributed by atoms with Gasteiger partial charge in [-0.3, -0.25) is 14.6 Å². The van der Waals surface area contributed by atoms with Gasteiger partial charge in [0.2, 0.25) is 0 Å². The van der Waals surface area contributed by atoms with Crippen molar-refractivity contribution in [2.24, 2.45) is 5.73 Å². The lowest BCUT2D eigenvalue weighted by Gasteiger charge is -2.27. The van der Waals surface area contributed by atoms with E-state index in [0.717, 1.165) is 42.7 Å². The van der Waals surface area contributed by atoms with Crippen LogP contribution in [-0.4, -0.2) is 34.4 Å². The second-order valence-electron chi connectivity index (χ2n) is 8.01. The van der Waals surface area contributed by atoms with Gasteiger partial charge in [-0.25, -0.2) is 4.98 Å². The lowest BCUT2D eigenvalue weighted by molar-refractivity contribution is 0.0917. The van der Waals surface area contributed by atoms with E-state index in [0.29, 0.717) is 34.5 Å². The summed E-state index contributed by atoms with van der Waals surface area (Å²) < 4.78 is 5.68. The van der Waals surface area contributed by atoms with E-state index >= 15 is 0 Å². The van der Waals surface area contributed by atoms with E-state index < -0.39 is 5.91 Å².